The molecule has 1 aromatic carbocycles. The molecule has 26 heavy (non-hydrogen) atoms. The number of fused-ring (bicyclic) bond motifs is 1. The van der Waals surface area contributed by atoms with Crippen LogP contribution in [0.2, 0.25) is 0 Å². The first-order valence-corrected chi connectivity index (χ1v) is 8.87. The van der Waals surface area contributed by atoms with E-state index >= 15 is 0 Å². The quantitative estimate of drug-likeness (QED) is 0.766. The third kappa shape index (κ3) is 3.27. The normalized spacial score (nSPS) is 11.1. The van der Waals surface area contributed by atoms with Crippen molar-refractivity contribution in [2.24, 2.45) is 0 Å². The average molecular weight is 352 g/mol. The summed E-state index contributed by atoms with van der Waals surface area (Å²) in [7, 11) is 0. The van der Waals surface area contributed by atoms with Crippen LogP contribution in [0.3, 0.4) is 0 Å². The van der Waals surface area contributed by atoms with E-state index in [0.29, 0.717) is 18.7 Å². The maximum Gasteiger partial charge on any atom is 0.227 e. The van der Waals surface area contributed by atoms with Crippen LogP contribution in [0.1, 0.15) is 30.8 Å². The van der Waals surface area contributed by atoms with E-state index in [0.717, 1.165) is 28.2 Å². The molecule has 0 saturated heterocycles. The van der Waals surface area contributed by atoms with Gasteiger partial charge in [-0.15, -0.1) is 0 Å². The van der Waals surface area contributed by atoms with Crippen molar-refractivity contribution in [1.82, 2.24) is 19.5 Å². The molecule has 0 aliphatic carbocycles. The Hall–Kier alpha value is -2.89. The van der Waals surface area contributed by atoms with Crippen LogP contribution >= 0.6 is 0 Å². The van der Waals surface area contributed by atoms with Gasteiger partial charge < -0.3 is 10.0 Å². The summed E-state index contributed by atoms with van der Waals surface area (Å²) >= 11 is 0. The van der Waals surface area contributed by atoms with E-state index in [-0.39, 0.29) is 18.1 Å². The van der Waals surface area contributed by atoms with E-state index in [2.05, 4.69) is 4.98 Å². The Kier molecular flexibility index (Phi) is 4.93. The summed E-state index contributed by atoms with van der Waals surface area (Å²) in [6, 6.07) is 8.84. The van der Waals surface area contributed by atoms with Gasteiger partial charge in [-0.25, -0.2) is 9.50 Å². The largest absolute Gasteiger partial charge is 0.508 e. The molecule has 3 rings (SSSR count). The van der Waals surface area contributed by atoms with Gasteiger partial charge in [0.1, 0.15) is 5.75 Å². The summed E-state index contributed by atoms with van der Waals surface area (Å²) < 4.78 is 1.79. The van der Waals surface area contributed by atoms with Gasteiger partial charge in [0, 0.05) is 35.6 Å². The van der Waals surface area contributed by atoms with Gasteiger partial charge in [-0.2, -0.15) is 5.10 Å². The van der Waals surface area contributed by atoms with Crippen molar-refractivity contribution in [3.05, 3.63) is 47.3 Å². The van der Waals surface area contributed by atoms with E-state index in [1.807, 2.05) is 50.8 Å². The molecule has 0 spiro atoms. The number of carbonyl (C=O) groups is 1. The molecule has 2 heterocycles. The van der Waals surface area contributed by atoms with Crippen molar-refractivity contribution < 1.29 is 9.90 Å². The number of carbonyl (C=O) groups excluding carboxylic acids is 1. The molecule has 0 aliphatic rings. The highest BCUT2D eigenvalue weighted by Gasteiger charge is 2.21. The van der Waals surface area contributed by atoms with Crippen molar-refractivity contribution >= 4 is 11.6 Å². The molecule has 0 atom stereocenters. The van der Waals surface area contributed by atoms with E-state index in [1.54, 1.807) is 16.6 Å². The molecule has 0 unspecified atom stereocenters. The first-order valence-electron chi connectivity index (χ1n) is 8.87. The topological polar surface area (TPSA) is 70.7 Å². The molecular weight excluding hydrogens is 328 g/mol. The lowest BCUT2D eigenvalue weighted by Crippen LogP contribution is -2.31. The van der Waals surface area contributed by atoms with Crippen LogP contribution in [0.5, 0.6) is 5.75 Å². The Morgan fingerprint density at radius 2 is 1.81 bits per heavy atom. The molecule has 0 fully saturated rings. The molecule has 0 aliphatic heterocycles. The summed E-state index contributed by atoms with van der Waals surface area (Å²) in [5.41, 5.74) is 4.97. The van der Waals surface area contributed by atoms with Gasteiger partial charge in [-0.3, -0.25) is 4.79 Å². The number of aromatic nitrogens is 3. The standard InChI is InChI=1S/C20H24N4O2/c1-5-23(6-2)18(26)12-17-19(15-7-9-16(25)10-8-15)22-24-14(4)11-13(3)21-20(17)24/h7-11,25H,5-6,12H2,1-4H3. The fraction of sp³-hybridized carbons (Fsp3) is 0.350. The Labute approximate surface area is 153 Å². The van der Waals surface area contributed by atoms with Crippen LogP contribution in [0.15, 0.2) is 30.3 Å². The minimum Gasteiger partial charge on any atom is -0.508 e. The van der Waals surface area contributed by atoms with Crippen LogP contribution in [0, 0.1) is 13.8 Å². The number of likely N-dealkylation sites (N-methyl/N-ethyl adjacent to an activating group) is 1. The number of hydrogen-bond donors (Lipinski definition) is 1. The summed E-state index contributed by atoms with van der Waals surface area (Å²) in [4.78, 5) is 19.2. The first-order chi connectivity index (χ1) is 12.4. The van der Waals surface area contributed by atoms with E-state index in [4.69, 9.17) is 5.10 Å². The molecule has 3 aromatic rings. The van der Waals surface area contributed by atoms with Crippen LogP contribution in [-0.4, -0.2) is 43.6 Å². The monoisotopic (exact) mass is 352 g/mol. The Balaban J connectivity index is 2.18. The molecule has 0 bridgehead atoms. The molecule has 2 aromatic heterocycles. The minimum atomic E-state index is 0.0610. The van der Waals surface area contributed by atoms with Crippen LogP contribution < -0.4 is 0 Å². The summed E-state index contributed by atoms with van der Waals surface area (Å²) in [6.07, 6.45) is 0.247. The van der Waals surface area contributed by atoms with Crippen LogP contribution in [0.4, 0.5) is 0 Å². The Bertz CT molecular complexity index is 941. The SMILES string of the molecule is CCN(CC)C(=O)Cc1c(-c2ccc(O)cc2)nn2c(C)cc(C)nc12. The third-order valence-electron chi connectivity index (χ3n) is 4.58. The molecule has 1 amide bonds. The molecule has 0 radical (unpaired) electrons. The molecular formula is C20H24N4O2. The van der Waals surface area contributed by atoms with Crippen LogP contribution in [0.25, 0.3) is 16.9 Å². The van der Waals surface area contributed by atoms with Gasteiger partial charge in [0.15, 0.2) is 5.65 Å². The lowest BCUT2D eigenvalue weighted by atomic mass is 10.0. The molecule has 6 heteroatoms. The number of amides is 1. The molecule has 1 N–H and O–H groups in total. The summed E-state index contributed by atoms with van der Waals surface area (Å²) in [5.74, 6) is 0.259. The second-order valence-electron chi connectivity index (χ2n) is 6.39. The fourth-order valence-corrected chi connectivity index (χ4v) is 3.22. The van der Waals surface area contributed by atoms with Gasteiger partial charge in [0.05, 0.1) is 12.1 Å². The molecule has 6 nitrogen and oxygen atoms in total. The second kappa shape index (κ2) is 7.15. The number of phenols is 1. The number of hydrogen-bond acceptors (Lipinski definition) is 4. The maximum absolute atomic E-state index is 12.7. The van der Waals surface area contributed by atoms with Crippen molar-refractivity contribution in [3.63, 3.8) is 0 Å². The highest BCUT2D eigenvalue weighted by Crippen LogP contribution is 2.28. The molecule has 0 saturated carbocycles. The van der Waals surface area contributed by atoms with Gasteiger partial charge in [-0.1, -0.05) is 0 Å². The zero-order valence-electron chi connectivity index (χ0n) is 15.7. The summed E-state index contributed by atoms with van der Waals surface area (Å²) in [6.45, 7) is 9.22. The van der Waals surface area contributed by atoms with Gasteiger partial charge >= 0.3 is 0 Å². The highest BCUT2D eigenvalue weighted by atomic mass is 16.3. The van der Waals surface area contributed by atoms with Crippen molar-refractivity contribution in [1.29, 1.82) is 0 Å². The lowest BCUT2D eigenvalue weighted by molar-refractivity contribution is -0.130. The lowest BCUT2D eigenvalue weighted by Gasteiger charge is -2.18. The minimum absolute atomic E-state index is 0.0610. The van der Waals surface area contributed by atoms with Crippen LogP contribution in [-0.2, 0) is 11.2 Å². The Morgan fingerprint density at radius 1 is 1.15 bits per heavy atom. The number of rotatable bonds is 5. The van der Waals surface area contributed by atoms with Gasteiger partial charge in [0.2, 0.25) is 5.91 Å². The number of phenolic OH excluding ortho intramolecular Hbond substituents is 1. The molecule has 136 valence electrons. The van der Waals surface area contributed by atoms with E-state index < -0.39 is 0 Å². The van der Waals surface area contributed by atoms with E-state index in [1.165, 1.54) is 0 Å². The number of aryl methyl sites for hydroxylation is 2. The van der Waals surface area contributed by atoms with E-state index in [9.17, 15) is 9.90 Å². The fourth-order valence-electron chi connectivity index (χ4n) is 3.22. The van der Waals surface area contributed by atoms with Crippen molar-refractivity contribution in [3.8, 4) is 17.0 Å². The Morgan fingerprint density at radius 3 is 2.42 bits per heavy atom. The summed E-state index contributed by atoms with van der Waals surface area (Å²) in [5, 5.41) is 14.3. The van der Waals surface area contributed by atoms with Crippen molar-refractivity contribution in [2.75, 3.05) is 13.1 Å². The zero-order valence-corrected chi connectivity index (χ0v) is 15.7. The first kappa shape index (κ1) is 17.9. The predicted octanol–water partition coefficient (Wildman–Crippen LogP) is 3.13. The second-order valence-corrected chi connectivity index (χ2v) is 6.39. The zero-order chi connectivity index (χ0) is 18.8. The predicted molar refractivity (Wildman–Crippen MR) is 101 cm³/mol. The third-order valence-corrected chi connectivity index (χ3v) is 4.58. The number of nitrogens with zero attached hydrogens (tertiary/aromatic N) is 4. The van der Waals surface area contributed by atoms with Gasteiger partial charge in [-0.05, 0) is 58.0 Å². The highest BCUT2D eigenvalue weighted by molar-refractivity contribution is 5.84. The average Bonchev–Trinajstić information content (AvgIpc) is 2.95. The smallest absolute Gasteiger partial charge is 0.227 e. The van der Waals surface area contributed by atoms with Crippen molar-refractivity contribution in [2.45, 2.75) is 34.1 Å². The number of aromatic hydroxyl groups is 1. The number of benzene rings is 1. The van der Waals surface area contributed by atoms with Gasteiger partial charge in [0.25, 0.3) is 0 Å². The maximum atomic E-state index is 12.7.